The molecule has 1 amide bonds. The van der Waals surface area contributed by atoms with E-state index in [1.54, 1.807) is 11.0 Å². The smallest absolute Gasteiger partial charge is 0.259 e. The summed E-state index contributed by atoms with van der Waals surface area (Å²) in [5.74, 6) is -0.349. The van der Waals surface area contributed by atoms with Crippen molar-refractivity contribution in [2.45, 2.75) is 23.8 Å². The first-order chi connectivity index (χ1) is 10.9. The lowest BCUT2D eigenvalue weighted by atomic mass is 10.0. The molecule has 0 fully saturated rings. The molecule has 0 aromatic heterocycles. The lowest BCUT2D eigenvalue weighted by molar-refractivity contribution is -0.133. The van der Waals surface area contributed by atoms with Crippen LogP contribution >= 0.6 is 23.2 Å². The van der Waals surface area contributed by atoms with E-state index >= 15 is 0 Å². The summed E-state index contributed by atoms with van der Waals surface area (Å²) in [4.78, 5) is 14.4. The summed E-state index contributed by atoms with van der Waals surface area (Å²) in [5.41, 5.74) is 1.96. The summed E-state index contributed by atoms with van der Waals surface area (Å²) in [7, 11) is 0. The summed E-state index contributed by atoms with van der Waals surface area (Å²) < 4.78 is -1.50. The van der Waals surface area contributed by atoms with Crippen LogP contribution in [0.1, 0.15) is 24.1 Å². The van der Waals surface area contributed by atoms with Crippen molar-refractivity contribution >= 4 is 29.1 Å². The Morgan fingerprint density at radius 3 is 2.13 bits per heavy atom. The number of hydrogen-bond acceptors (Lipinski definition) is 1. The van der Waals surface area contributed by atoms with Gasteiger partial charge in [-0.15, -0.1) is 6.58 Å². The van der Waals surface area contributed by atoms with Crippen LogP contribution in [0, 0.1) is 0 Å². The first-order valence-corrected chi connectivity index (χ1v) is 8.09. The Kier molecular flexibility index (Phi) is 5.86. The maximum atomic E-state index is 12.8. The van der Waals surface area contributed by atoms with Gasteiger partial charge in [0.2, 0.25) is 0 Å². The molecule has 0 bridgehead atoms. The van der Waals surface area contributed by atoms with Gasteiger partial charge < -0.3 is 4.90 Å². The number of alkyl halides is 2. The number of rotatable bonds is 6. The maximum Gasteiger partial charge on any atom is 0.259 e. The third kappa shape index (κ3) is 4.60. The molecule has 0 N–H and O–H groups in total. The van der Waals surface area contributed by atoms with E-state index in [0.29, 0.717) is 6.54 Å². The molecule has 0 spiro atoms. The second-order valence-corrected chi connectivity index (χ2v) is 7.10. The quantitative estimate of drug-likeness (QED) is 0.523. The van der Waals surface area contributed by atoms with Crippen molar-refractivity contribution in [3.63, 3.8) is 0 Å². The highest BCUT2D eigenvalue weighted by molar-refractivity contribution is 6.57. The minimum atomic E-state index is -1.50. The Hall–Kier alpha value is -1.77. The average Bonchev–Trinajstić information content (AvgIpc) is 2.55. The molecule has 2 rings (SSSR count). The molecular formula is C19H19Cl2NO. The van der Waals surface area contributed by atoms with Crippen molar-refractivity contribution in [2.75, 3.05) is 0 Å². The maximum absolute atomic E-state index is 12.8. The zero-order chi connectivity index (χ0) is 16.9. The molecule has 2 nitrogen and oxygen atoms in total. The molecule has 1 atom stereocenters. The molecule has 0 aliphatic heterocycles. The summed E-state index contributed by atoms with van der Waals surface area (Å²) in [6, 6.07) is 19.1. The number of hydrogen-bond donors (Lipinski definition) is 0. The first kappa shape index (κ1) is 17.6. The SMILES string of the molecule is C=CC(c1ccccc1)N(Cc1ccccc1)C(=O)C(C)(Cl)Cl. The third-order valence-electron chi connectivity index (χ3n) is 3.53. The van der Waals surface area contributed by atoms with Crippen LogP contribution in [0.25, 0.3) is 0 Å². The fourth-order valence-corrected chi connectivity index (χ4v) is 2.64. The van der Waals surface area contributed by atoms with Crippen LogP contribution in [-0.4, -0.2) is 15.1 Å². The van der Waals surface area contributed by atoms with Crippen molar-refractivity contribution in [1.29, 1.82) is 0 Å². The van der Waals surface area contributed by atoms with Gasteiger partial charge in [-0.1, -0.05) is 89.9 Å². The average molecular weight is 348 g/mol. The predicted molar refractivity (Wildman–Crippen MR) is 96.5 cm³/mol. The molecule has 0 saturated carbocycles. The number of nitrogens with zero attached hydrogens (tertiary/aromatic N) is 1. The van der Waals surface area contributed by atoms with Gasteiger partial charge in [-0.05, 0) is 18.1 Å². The zero-order valence-corrected chi connectivity index (χ0v) is 14.5. The molecule has 0 aliphatic rings. The molecule has 0 aliphatic carbocycles. The lowest BCUT2D eigenvalue weighted by Gasteiger charge is -2.33. The van der Waals surface area contributed by atoms with Crippen LogP contribution < -0.4 is 0 Å². The molecule has 120 valence electrons. The fraction of sp³-hybridized carbons (Fsp3) is 0.211. The van der Waals surface area contributed by atoms with Crippen molar-refractivity contribution < 1.29 is 4.79 Å². The fourth-order valence-electron chi connectivity index (χ4n) is 2.42. The third-order valence-corrected chi connectivity index (χ3v) is 3.86. The summed E-state index contributed by atoms with van der Waals surface area (Å²) in [6.07, 6.45) is 1.73. The van der Waals surface area contributed by atoms with Gasteiger partial charge in [-0.25, -0.2) is 0 Å². The van der Waals surface area contributed by atoms with Gasteiger partial charge in [0.15, 0.2) is 4.33 Å². The number of benzene rings is 2. The van der Waals surface area contributed by atoms with Crippen molar-refractivity contribution in [2.24, 2.45) is 0 Å². The van der Waals surface area contributed by atoms with Gasteiger partial charge >= 0.3 is 0 Å². The first-order valence-electron chi connectivity index (χ1n) is 7.34. The topological polar surface area (TPSA) is 20.3 Å². The van der Waals surface area contributed by atoms with Gasteiger partial charge in [0.25, 0.3) is 5.91 Å². The highest BCUT2D eigenvalue weighted by Gasteiger charge is 2.35. The van der Waals surface area contributed by atoms with E-state index in [1.807, 2.05) is 60.7 Å². The second-order valence-electron chi connectivity index (χ2n) is 5.40. The van der Waals surface area contributed by atoms with Crippen LogP contribution in [0.3, 0.4) is 0 Å². The number of carbonyl (C=O) groups excluding carboxylic acids is 1. The van der Waals surface area contributed by atoms with Crippen molar-refractivity contribution in [3.05, 3.63) is 84.4 Å². The molecule has 2 aromatic carbocycles. The van der Waals surface area contributed by atoms with Crippen LogP contribution in [0.4, 0.5) is 0 Å². The van der Waals surface area contributed by atoms with Gasteiger partial charge in [0.05, 0.1) is 6.04 Å². The number of halogens is 2. The summed E-state index contributed by atoms with van der Waals surface area (Å²) in [6.45, 7) is 5.78. The molecule has 1 unspecified atom stereocenters. The van der Waals surface area contributed by atoms with Crippen LogP contribution in [0.5, 0.6) is 0 Å². The van der Waals surface area contributed by atoms with Crippen LogP contribution in [0.2, 0.25) is 0 Å². The lowest BCUT2D eigenvalue weighted by Crippen LogP contribution is -2.42. The molecule has 4 heteroatoms. The normalized spacial score (nSPS) is 12.5. The molecule has 0 heterocycles. The monoisotopic (exact) mass is 347 g/mol. The minimum Gasteiger partial charge on any atom is -0.325 e. The Balaban J connectivity index is 2.39. The predicted octanol–water partition coefficient (Wildman–Crippen LogP) is 5.14. The van der Waals surface area contributed by atoms with E-state index in [0.717, 1.165) is 11.1 Å². The Morgan fingerprint density at radius 2 is 1.65 bits per heavy atom. The summed E-state index contributed by atoms with van der Waals surface area (Å²) >= 11 is 12.1. The molecule has 0 radical (unpaired) electrons. The molecule has 23 heavy (non-hydrogen) atoms. The summed E-state index contributed by atoms with van der Waals surface area (Å²) in [5, 5.41) is 0. The standard InChI is InChI=1S/C19H19Cl2NO/c1-3-17(16-12-8-5-9-13-16)22(18(23)19(2,20)21)14-15-10-6-4-7-11-15/h3-13,17H,1,14H2,2H3. The van der Waals surface area contributed by atoms with E-state index in [1.165, 1.54) is 6.92 Å². The van der Waals surface area contributed by atoms with Crippen molar-refractivity contribution in [1.82, 2.24) is 4.90 Å². The number of carbonyl (C=O) groups is 1. The number of amides is 1. The van der Waals surface area contributed by atoms with Crippen LogP contribution in [-0.2, 0) is 11.3 Å². The van der Waals surface area contributed by atoms with Crippen LogP contribution in [0.15, 0.2) is 73.3 Å². The highest BCUT2D eigenvalue weighted by Crippen LogP contribution is 2.31. The van der Waals surface area contributed by atoms with E-state index in [9.17, 15) is 4.79 Å². The van der Waals surface area contributed by atoms with Gasteiger partial charge in [-0.2, -0.15) is 0 Å². The zero-order valence-electron chi connectivity index (χ0n) is 13.0. The van der Waals surface area contributed by atoms with Gasteiger partial charge in [-0.3, -0.25) is 4.79 Å². The largest absolute Gasteiger partial charge is 0.325 e. The Bertz CT molecular complexity index is 650. The van der Waals surface area contributed by atoms with E-state index in [-0.39, 0.29) is 11.9 Å². The van der Waals surface area contributed by atoms with E-state index in [2.05, 4.69) is 6.58 Å². The van der Waals surface area contributed by atoms with Crippen molar-refractivity contribution in [3.8, 4) is 0 Å². The minimum absolute atomic E-state index is 0.305. The second kappa shape index (κ2) is 7.67. The Labute approximate surface area is 147 Å². The molecule has 2 aromatic rings. The van der Waals surface area contributed by atoms with E-state index < -0.39 is 4.33 Å². The highest BCUT2D eigenvalue weighted by atomic mass is 35.5. The molecular weight excluding hydrogens is 329 g/mol. The Morgan fingerprint density at radius 1 is 1.13 bits per heavy atom. The van der Waals surface area contributed by atoms with Gasteiger partial charge in [0.1, 0.15) is 0 Å². The molecule has 0 saturated heterocycles. The van der Waals surface area contributed by atoms with Gasteiger partial charge in [0, 0.05) is 6.54 Å². The van der Waals surface area contributed by atoms with E-state index in [4.69, 9.17) is 23.2 Å².